The second-order valence-electron chi connectivity index (χ2n) is 5.03. The van der Waals surface area contributed by atoms with Crippen LogP contribution in [0.1, 0.15) is 32.6 Å². The number of aliphatic hydroxyl groups is 1. The molecule has 0 unspecified atom stereocenters. The van der Waals surface area contributed by atoms with E-state index >= 15 is 0 Å². The number of benzene rings is 2. The lowest BCUT2D eigenvalue weighted by atomic mass is 9.91. The van der Waals surface area contributed by atoms with Crippen molar-refractivity contribution in [3.05, 3.63) is 70.3 Å². The summed E-state index contributed by atoms with van der Waals surface area (Å²) in [6, 6.07) is 12.9. The van der Waals surface area contributed by atoms with Gasteiger partial charge in [-0.05, 0) is 25.5 Å². The molecule has 1 atom stereocenters. The molecule has 2 aromatic carbocycles. The molecule has 0 aromatic heterocycles. The Balaban J connectivity index is 2.23. The van der Waals surface area contributed by atoms with Gasteiger partial charge in [-0.15, -0.1) is 0 Å². The number of carbonyl (C=O) groups excluding carboxylic acids is 1. The van der Waals surface area contributed by atoms with Gasteiger partial charge in [-0.3, -0.25) is 4.79 Å². The highest BCUT2D eigenvalue weighted by atomic mass is 16.3. The molecule has 0 radical (unpaired) electrons. The fourth-order valence-electron chi connectivity index (χ4n) is 2.73. The monoisotopic (exact) mass is 253 g/mol. The lowest BCUT2D eigenvalue weighted by molar-refractivity contribution is 0.0472. The molecule has 1 aliphatic heterocycles. The van der Waals surface area contributed by atoms with Gasteiger partial charge in [0.05, 0.1) is 0 Å². The third-order valence-corrected chi connectivity index (χ3v) is 3.63. The van der Waals surface area contributed by atoms with Crippen LogP contribution >= 0.6 is 0 Å². The summed E-state index contributed by atoms with van der Waals surface area (Å²) < 4.78 is 0. The first-order chi connectivity index (χ1) is 9.02. The van der Waals surface area contributed by atoms with E-state index in [9.17, 15) is 9.90 Å². The Kier molecular flexibility index (Phi) is 2.47. The first-order valence-corrected chi connectivity index (χ1v) is 6.24. The number of carbonyl (C=O) groups is 1. The SMILES string of the molecule is Cc1ccc([C@]2(O)NC(=O)c3ccccc32)c(C)c1. The van der Waals surface area contributed by atoms with Crippen LogP contribution in [-0.4, -0.2) is 11.0 Å². The van der Waals surface area contributed by atoms with E-state index < -0.39 is 5.72 Å². The number of fused-ring (bicyclic) bond motifs is 1. The van der Waals surface area contributed by atoms with Gasteiger partial charge in [0.2, 0.25) is 0 Å². The highest BCUT2D eigenvalue weighted by molar-refractivity contribution is 6.00. The zero-order valence-electron chi connectivity index (χ0n) is 10.9. The first kappa shape index (κ1) is 11.9. The average molecular weight is 253 g/mol. The van der Waals surface area contributed by atoms with E-state index in [2.05, 4.69) is 5.32 Å². The van der Waals surface area contributed by atoms with Crippen molar-refractivity contribution in [1.82, 2.24) is 5.32 Å². The standard InChI is InChI=1S/C16H15NO2/c1-10-7-8-13(11(2)9-10)16(19)14-6-4-3-5-12(14)15(18)17-16/h3-9,19H,1-2H3,(H,17,18)/t16-/m1/s1. The summed E-state index contributed by atoms with van der Waals surface area (Å²) in [6.07, 6.45) is 0. The van der Waals surface area contributed by atoms with Gasteiger partial charge in [-0.2, -0.15) is 0 Å². The Hall–Kier alpha value is -2.13. The molecule has 1 heterocycles. The molecule has 0 fully saturated rings. The smallest absolute Gasteiger partial charge is 0.254 e. The average Bonchev–Trinajstić information content (AvgIpc) is 2.63. The Morgan fingerprint density at radius 3 is 2.53 bits per heavy atom. The number of hydrogen-bond donors (Lipinski definition) is 2. The molecule has 0 aliphatic carbocycles. The summed E-state index contributed by atoms with van der Waals surface area (Å²) >= 11 is 0. The molecule has 0 spiro atoms. The van der Waals surface area contributed by atoms with Crippen molar-refractivity contribution in [1.29, 1.82) is 0 Å². The quantitative estimate of drug-likeness (QED) is 0.819. The molecule has 19 heavy (non-hydrogen) atoms. The largest absolute Gasteiger partial charge is 0.363 e. The van der Waals surface area contributed by atoms with Crippen molar-refractivity contribution in [3.8, 4) is 0 Å². The Morgan fingerprint density at radius 2 is 1.79 bits per heavy atom. The maximum Gasteiger partial charge on any atom is 0.254 e. The molecular weight excluding hydrogens is 238 g/mol. The summed E-state index contributed by atoms with van der Waals surface area (Å²) in [6.45, 7) is 3.94. The van der Waals surface area contributed by atoms with Crippen LogP contribution < -0.4 is 5.32 Å². The highest BCUT2D eigenvalue weighted by Gasteiger charge is 2.43. The van der Waals surface area contributed by atoms with Gasteiger partial charge in [-0.1, -0.05) is 42.0 Å². The molecule has 0 saturated carbocycles. The number of rotatable bonds is 1. The molecule has 2 N–H and O–H groups in total. The van der Waals surface area contributed by atoms with Gasteiger partial charge >= 0.3 is 0 Å². The van der Waals surface area contributed by atoms with Crippen molar-refractivity contribution in [2.45, 2.75) is 19.6 Å². The molecule has 2 aromatic rings. The van der Waals surface area contributed by atoms with Crippen LogP contribution in [0.2, 0.25) is 0 Å². The molecule has 0 saturated heterocycles. The third-order valence-electron chi connectivity index (χ3n) is 3.63. The number of aryl methyl sites for hydroxylation is 2. The molecular formula is C16H15NO2. The van der Waals surface area contributed by atoms with E-state index in [-0.39, 0.29) is 5.91 Å². The van der Waals surface area contributed by atoms with Gasteiger partial charge < -0.3 is 10.4 Å². The van der Waals surface area contributed by atoms with Crippen LogP contribution in [0.5, 0.6) is 0 Å². The third kappa shape index (κ3) is 1.66. The summed E-state index contributed by atoms with van der Waals surface area (Å²) in [7, 11) is 0. The molecule has 96 valence electrons. The number of hydrogen-bond acceptors (Lipinski definition) is 2. The topological polar surface area (TPSA) is 49.3 Å². The fourth-order valence-corrected chi connectivity index (χ4v) is 2.73. The van der Waals surface area contributed by atoms with E-state index in [1.54, 1.807) is 18.2 Å². The van der Waals surface area contributed by atoms with E-state index in [0.717, 1.165) is 16.7 Å². The van der Waals surface area contributed by atoms with Crippen LogP contribution in [0, 0.1) is 13.8 Å². The van der Waals surface area contributed by atoms with Crippen LogP contribution in [0.4, 0.5) is 0 Å². The Labute approximate surface area is 111 Å². The van der Waals surface area contributed by atoms with Crippen molar-refractivity contribution in [2.75, 3.05) is 0 Å². The van der Waals surface area contributed by atoms with Crippen LogP contribution in [0.25, 0.3) is 0 Å². The lowest BCUT2D eigenvalue weighted by Gasteiger charge is -2.26. The van der Waals surface area contributed by atoms with Crippen molar-refractivity contribution in [2.24, 2.45) is 0 Å². The fraction of sp³-hybridized carbons (Fsp3) is 0.188. The van der Waals surface area contributed by atoms with Gasteiger partial charge in [-0.25, -0.2) is 0 Å². The molecule has 1 aliphatic rings. The Morgan fingerprint density at radius 1 is 1.05 bits per heavy atom. The van der Waals surface area contributed by atoms with Crippen molar-refractivity contribution in [3.63, 3.8) is 0 Å². The summed E-state index contributed by atoms with van der Waals surface area (Å²) in [4.78, 5) is 12.0. The molecule has 3 rings (SSSR count). The lowest BCUT2D eigenvalue weighted by Crippen LogP contribution is -2.40. The van der Waals surface area contributed by atoms with Crippen LogP contribution in [0.3, 0.4) is 0 Å². The minimum absolute atomic E-state index is 0.238. The van der Waals surface area contributed by atoms with Crippen LogP contribution in [-0.2, 0) is 5.72 Å². The van der Waals surface area contributed by atoms with Gasteiger partial charge in [0.25, 0.3) is 5.91 Å². The summed E-state index contributed by atoms with van der Waals surface area (Å²) in [5.41, 5.74) is 2.53. The maximum atomic E-state index is 12.0. The van der Waals surface area contributed by atoms with Crippen molar-refractivity contribution >= 4 is 5.91 Å². The zero-order chi connectivity index (χ0) is 13.6. The minimum atomic E-state index is -1.43. The minimum Gasteiger partial charge on any atom is -0.363 e. The number of nitrogens with one attached hydrogen (secondary N) is 1. The van der Waals surface area contributed by atoms with Gasteiger partial charge in [0.15, 0.2) is 5.72 Å². The zero-order valence-corrected chi connectivity index (χ0v) is 10.9. The predicted octanol–water partition coefficient (Wildman–Crippen LogP) is 2.24. The predicted molar refractivity (Wildman–Crippen MR) is 72.8 cm³/mol. The second-order valence-corrected chi connectivity index (χ2v) is 5.03. The van der Waals surface area contributed by atoms with Crippen LogP contribution in [0.15, 0.2) is 42.5 Å². The summed E-state index contributed by atoms with van der Waals surface area (Å²) in [5.74, 6) is -0.238. The van der Waals surface area contributed by atoms with E-state index in [1.165, 1.54) is 0 Å². The van der Waals surface area contributed by atoms with E-state index in [0.29, 0.717) is 11.1 Å². The highest BCUT2D eigenvalue weighted by Crippen LogP contribution is 2.36. The summed E-state index contributed by atoms with van der Waals surface area (Å²) in [5, 5.41) is 13.6. The molecule has 1 amide bonds. The Bertz CT molecular complexity index is 678. The molecule has 3 heteroatoms. The van der Waals surface area contributed by atoms with Gasteiger partial charge in [0, 0.05) is 16.7 Å². The van der Waals surface area contributed by atoms with Crippen molar-refractivity contribution < 1.29 is 9.90 Å². The second kappa shape index (κ2) is 3.93. The molecule has 0 bridgehead atoms. The first-order valence-electron chi connectivity index (χ1n) is 6.24. The van der Waals surface area contributed by atoms with E-state index in [1.807, 2.05) is 38.1 Å². The molecule has 3 nitrogen and oxygen atoms in total. The normalized spacial score (nSPS) is 21.1. The number of amides is 1. The maximum absolute atomic E-state index is 12.0. The van der Waals surface area contributed by atoms with Gasteiger partial charge in [0.1, 0.15) is 0 Å². The van der Waals surface area contributed by atoms with E-state index in [4.69, 9.17) is 0 Å².